The Labute approximate surface area is 121 Å². The molecule has 1 aromatic rings. The fourth-order valence-electron chi connectivity index (χ4n) is 2.50. The van der Waals surface area contributed by atoms with E-state index in [1.165, 1.54) is 19.3 Å². The second kappa shape index (κ2) is 7.29. The van der Waals surface area contributed by atoms with Crippen molar-refractivity contribution in [1.29, 1.82) is 0 Å². The zero-order chi connectivity index (χ0) is 14.4. The summed E-state index contributed by atoms with van der Waals surface area (Å²) >= 11 is 0. The number of benzene rings is 1. The summed E-state index contributed by atoms with van der Waals surface area (Å²) in [5.41, 5.74) is 2.29. The van der Waals surface area contributed by atoms with E-state index in [0.29, 0.717) is 12.6 Å². The van der Waals surface area contributed by atoms with E-state index in [1.807, 2.05) is 13.1 Å². The Morgan fingerprint density at radius 2 is 2.30 bits per heavy atom. The number of nitrogens with one attached hydrogen (secondary N) is 2. The molecule has 4 nitrogen and oxygen atoms in total. The van der Waals surface area contributed by atoms with E-state index in [4.69, 9.17) is 0 Å². The maximum atomic E-state index is 11.3. The molecule has 0 radical (unpaired) electrons. The minimum Gasteiger partial charge on any atom is -0.383 e. The minimum atomic E-state index is 0.0924. The van der Waals surface area contributed by atoms with Crippen LogP contribution in [0.4, 0.5) is 5.69 Å². The van der Waals surface area contributed by atoms with Gasteiger partial charge in [0.05, 0.1) is 0 Å². The highest BCUT2D eigenvalue weighted by Gasteiger charge is 2.11. The van der Waals surface area contributed by atoms with E-state index in [0.717, 1.165) is 24.3 Å². The SMILES string of the molecule is CC(=O)N(C)Cc1cccc(NCC2CCCCN2)c1. The van der Waals surface area contributed by atoms with Crippen LogP contribution in [0.25, 0.3) is 0 Å². The number of anilines is 1. The molecule has 1 unspecified atom stereocenters. The summed E-state index contributed by atoms with van der Waals surface area (Å²) in [6.07, 6.45) is 3.87. The summed E-state index contributed by atoms with van der Waals surface area (Å²) in [6.45, 7) is 4.35. The van der Waals surface area contributed by atoms with Crippen LogP contribution in [0, 0.1) is 0 Å². The molecule has 20 heavy (non-hydrogen) atoms. The van der Waals surface area contributed by atoms with Crippen LogP contribution in [0.2, 0.25) is 0 Å². The van der Waals surface area contributed by atoms with Crippen LogP contribution in [0.15, 0.2) is 24.3 Å². The number of carbonyl (C=O) groups excluding carboxylic acids is 1. The van der Waals surface area contributed by atoms with Crippen molar-refractivity contribution in [2.45, 2.75) is 38.8 Å². The number of piperidine rings is 1. The summed E-state index contributed by atoms with van der Waals surface area (Å²) < 4.78 is 0. The number of hydrogen-bond acceptors (Lipinski definition) is 3. The number of amides is 1. The van der Waals surface area contributed by atoms with E-state index in [9.17, 15) is 4.79 Å². The van der Waals surface area contributed by atoms with Crippen LogP contribution in [0.1, 0.15) is 31.7 Å². The molecule has 2 rings (SSSR count). The van der Waals surface area contributed by atoms with Gasteiger partial charge in [0.2, 0.25) is 5.91 Å². The molecule has 0 saturated carbocycles. The lowest BCUT2D eigenvalue weighted by molar-refractivity contribution is -0.128. The Morgan fingerprint density at radius 3 is 3.00 bits per heavy atom. The maximum absolute atomic E-state index is 11.3. The summed E-state index contributed by atoms with van der Waals surface area (Å²) in [7, 11) is 1.83. The molecule has 1 atom stereocenters. The van der Waals surface area contributed by atoms with Crippen molar-refractivity contribution in [1.82, 2.24) is 10.2 Å². The molecule has 1 saturated heterocycles. The Kier molecular flexibility index (Phi) is 5.41. The summed E-state index contributed by atoms with van der Waals surface area (Å²) in [5, 5.41) is 7.03. The van der Waals surface area contributed by atoms with Gasteiger partial charge in [-0.15, -0.1) is 0 Å². The van der Waals surface area contributed by atoms with Crippen molar-refractivity contribution < 1.29 is 4.79 Å². The third kappa shape index (κ3) is 4.53. The van der Waals surface area contributed by atoms with Gasteiger partial charge in [-0.05, 0) is 37.1 Å². The predicted molar refractivity (Wildman–Crippen MR) is 82.7 cm³/mol. The predicted octanol–water partition coefficient (Wildman–Crippen LogP) is 2.22. The van der Waals surface area contributed by atoms with E-state index >= 15 is 0 Å². The summed E-state index contributed by atoms with van der Waals surface area (Å²) in [5.74, 6) is 0.0924. The summed E-state index contributed by atoms with van der Waals surface area (Å²) in [4.78, 5) is 13.0. The van der Waals surface area contributed by atoms with Gasteiger partial charge in [0.25, 0.3) is 0 Å². The highest BCUT2D eigenvalue weighted by atomic mass is 16.2. The van der Waals surface area contributed by atoms with Gasteiger partial charge in [-0.1, -0.05) is 18.6 Å². The van der Waals surface area contributed by atoms with Crippen LogP contribution in [-0.2, 0) is 11.3 Å². The smallest absolute Gasteiger partial charge is 0.219 e. The van der Waals surface area contributed by atoms with Gasteiger partial charge in [-0.3, -0.25) is 4.79 Å². The third-order valence-corrected chi connectivity index (χ3v) is 3.85. The Hall–Kier alpha value is -1.55. The molecule has 110 valence electrons. The van der Waals surface area contributed by atoms with Gasteiger partial charge >= 0.3 is 0 Å². The zero-order valence-electron chi connectivity index (χ0n) is 12.5. The Morgan fingerprint density at radius 1 is 1.45 bits per heavy atom. The average Bonchev–Trinajstić information content (AvgIpc) is 2.46. The molecule has 1 amide bonds. The van der Waals surface area contributed by atoms with Crippen LogP contribution in [-0.4, -0.2) is 37.0 Å². The fourth-order valence-corrected chi connectivity index (χ4v) is 2.50. The number of hydrogen-bond donors (Lipinski definition) is 2. The number of carbonyl (C=O) groups is 1. The lowest BCUT2D eigenvalue weighted by Crippen LogP contribution is -2.39. The van der Waals surface area contributed by atoms with Crippen molar-refractivity contribution in [2.24, 2.45) is 0 Å². The zero-order valence-corrected chi connectivity index (χ0v) is 12.5. The minimum absolute atomic E-state index is 0.0924. The molecule has 1 aliphatic rings. The van der Waals surface area contributed by atoms with Gasteiger partial charge in [0.15, 0.2) is 0 Å². The molecule has 0 aromatic heterocycles. The first kappa shape index (κ1) is 14.9. The van der Waals surface area contributed by atoms with Crippen molar-refractivity contribution in [3.05, 3.63) is 29.8 Å². The van der Waals surface area contributed by atoms with Crippen molar-refractivity contribution in [3.8, 4) is 0 Å². The quantitative estimate of drug-likeness (QED) is 0.866. The number of rotatable bonds is 5. The van der Waals surface area contributed by atoms with Crippen LogP contribution < -0.4 is 10.6 Å². The van der Waals surface area contributed by atoms with Crippen molar-refractivity contribution in [2.75, 3.05) is 25.5 Å². The molecular formula is C16H25N3O. The molecule has 1 fully saturated rings. The monoisotopic (exact) mass is 275 g/mol. The molecule has 0 bridgehead atoms. The topological polar surface area (TPSA) is 44.4 Å². The highest BCUT2D eigenvalue weighted by Crippen LogP contribution is 2.14. The second-order valence-corrected chi connectivity index (χ2v) is 5.60. The van der Waals surface area contributed by atoms with Crippen LogP contribution >= 0.6 is 0 Å². The normalized spacial score (nSPS) is 18.6. The van der Waals surface area contributed by atoms with Crippen LogP contribution in [0.3, 0.4) is 0 Å². The first-order chi connectivity index (χ1) is 9.65. The second-order valence-electron chi connectivity index (χ2n) is 5.60. The van der Waals surface area contributed by atoms with Gasteiger partial charge in [-0.25, -0.2) is 0 Å². The van der Waals surface area contributed by atoms with Gasteiger partial charge in [0.1, 0.15) is 0 Å². The molecule has 1 aromatic carbocycles. The van der Waals surface area contributed by atoms with E-state index < -0.39 is 0 Å². The lowest BCUT2D eigenvalue weighted by Gasteiger charge is -2.24. The van der Waals surface area contributed by atoms with Gasteiger partial charge in [0, 0.05) is 38.8 Å². The lowest BCUT2D eigenvalue weighted by atomic mass is 10.0. The first-order valence-electron chi connectivity index (χ1n) is 7.43. The first-order valence-corrected chi connectivity index (χ1v) is 7.43. The van der Waals surface area contributed by atoms with Crippen molar-refractivity contribution in [3.63, 3.8) is 0 Å². The molecule has 0 spiro atoms. The third-order valence-electron chi connectivity index (χ3n) is 3.85. The molecule has 1 heterocycles. The van der Waals surface area contributed by atoms with Gasteiger partial charge < -0.3 is 15.5 Å². The average molecular weight is 275 g/mol. The largest absolute Gasteiger partial charge is 0.383 e. The van der Waals surface area contributed by atoms with E-state index in [2.05, 4.69) is 28.8 Å². The Balaban J connectivity index is 1.87. The summed E-state index contributed by atoms with van der Waals surface area (Å²) in [6, 6.07) is 8.89. The Bertz CT molecular complexity index is 441. The van der Waals surface area contributed by atoms with Crippen LogP contribution in [0.5, 0.6) is 0 Å². The number of nitrogens with zero attached hydrogens (tertiary/aromatic N) is 1. The molecule has 4 heteroatoms. The fraction of sp³-hybridized carbons (Fsp3) is 0.562. The maximum Gasteiger partial charge on any atom is 0.219 e. The van der Waals surface area contributed by atoms with Gasteiger partial charge in [-0.2, -0.15) is 0 Å². The van der Waals surface area contributed by atoms with Crippen molar-refractivity contribution >= 4 is 11.6 Å². The molecular weight excluding hydrogens is 250 g/mol. The highest BCUT2D eigenvalue weighted by molar-refractivity contribution is 5.72. The van der Waals surface area contributed by atoms with E-state index in [1.54, 1.807) is 11.8 Å². The molecule has 1 aliphatic heterocycles. The molecule has 2 N–H and O–H groups in total. The molecule has 0 aliphatic carbocycles. The standard InChI is InChI=1S/C16H25N3O/c1-13(20)19(2)12-14-6-5-8-15(10-14)18-11-16-7-3-4-9-17-16/h5-6,8,10,16-18H,3-4,7,9,11-12H2,1-2H3. The van der Waals surface area contributed by atoms with E-state index in [-0.39, 0.29) is 5.91 Å².